The van der Waals surface area contributed by atoms with Crippen LogP contribution in [0.2, 0.25) is 0 Å². The zero-order chi connectivity index (χ0) is 51.1. The second-order valence-corrected chi connectivity index (χ2v) is 18.2. The normalized spacial score (nSPS) is 30.5. The van der Waals surface area contributed by atoms with Crippen LogP contribution in [-0.2, 0) is 97.7 Å². The lowest BCUT2D eigenvalue weighted by atomic mass is 9.93. The van der Waals surface area contributed by atoms with Crippen LogP contribution in [0.4, 0.5) is 0 Å². The predicted molar refractivity (Wildman–Crippen MR) is 262 cm³/mol. The van der Waals surface area contributed by atoms with Gasteiger partial charge in [-0.25, -0.2) is 0 Å². The first kappa shape index (κ1) is 54.6. The van der Waals surface area contributed by atoms with Crippen LogP contribution in [-0.4, -0.2) is 128 Å². The zero-order valence-corrected chi connectivity index (χ0v) is 42.1. The van der Waals surface area contributed by atoms with E-state index in [0.29, 0.717) is 0 Å². The molecule has 72 heavy (non-hydrogen) atoms. The highest BCUT2D eigenvalue weighted by Gasteiger charge is 2.57. The average molecular weight is 996 g/mol. The van der Waals surface area contributed by atoms with E-state index in [1.807, 2.05) is 135 Å². The molecule has 4 aromatic carbocycles. The maximum absolute atomic E-state index is 13.6. The van der Waals surface area contributed by atoms with Crippen LogP contribution in [0.25, 0.3) is 0 Å². The predicted octanol–water partition coefficient (Wildman–Crippen LogP) is 7.25. The van der Waals surface area contributed by atoms with Gasteiger partial charge in [-0.3, -0.25) is 19.3 Å². The van der Waals surface area contributed by atoms with Crippen LogP contribution < -0.4 is 0 Å². The number of nitrogens with zero attached hydrogens (tertiary/aromatic N) is 1. The molecule has 2 amide bonds. The van der Waals surface area contributed by atoms with Crippen molar-refractivity contribution in [1.82, 2.24) is 4.90 Å². The molecular weight excluding hydrogens is 927 g/mol. The van der Waals surface area contributed by atoms with Gasteiger partial charge in [0, 0.05) is 27.9 Å². The Kier molecular flexibility index (Phi) is 20.2. The van der Waals surface area contributed by atoms with Gasteiger partial charge in [0.2, 0.25) is 11.8 Å². The van der Waals surface area contributed by atoms with Gasteiger partial charge in [0.1, 0.15) is 48.8 Å². The highest BCUT2D eigenvalue weighted by molar-refractivity contribution is 5.93. The van der Waals surface area contributed by atoms with Crippen molar-refractivity contribution in [3.8, 4) is 0 Å². The van der Waals surface area contributed by atoms with Gasteiger partial charge in [-0.1, -0.05) is 127 Å². The summed E-state index contributed by atoms with van der Waals surface area (Å²) in [5.74, 6) is -1.86. The third-order valence-corrected chi connectivity index (χ3v) is 12.8. The SMILES string of the molecule is C=CCO[C@@H]1[C@H](O[C@H]2O[C@H](C)[C@H](OC(C)=O)[C@H](N(C(C)=O)C(C)=O)[C@H]2OCc2ccccc2)[C@H](O[C@@H]2[C@H](OCc3ccccc3)[C@@H](OC)O[C@H](C)[C@H]2OCc2ccccc2)O[C@H](C)[C@H]1OCc1ccccc1. The molecule has 0 radical (unpaired) electrons. The first-order valence-electron chi connectivity index (χ1n) is 24.5. The highest BCUT2D eigenvalue weighted by Crippen LogP contribution is 2.39. The molecule has 3 fully saturated rings. The maximum Gasteiger partial charge on any atom is 0.303 e. The number of ether oxygens (including phenoxy) is 12. The quantitative estimate of drug-likeness (QED) is 0.0571. The van der Waals surface area contributed by atoms with Gasteiger partial charge in [0.15, 0.2) is 25.0 Å². The molecule has 15 atom stereocenters. The number of amides is 2. The average Bonchev–Trinajstić information content (AvgIpc) is 3.37. The molecule has 16 nitrogen and oxygen atoms in total. The fourth-order valence-electron chi connectivity index (χ4n) is 9.50. The van der Waals surface area contributed by atoms with Crippen LogP contribution in [0.1, 0.15) is 63.8 Å². The van der Waals surface area contributed by atoms with E-state index in [4.69, 9.17) is 56.8 Å². The topological polar surface area (TPSA) is 165 Å². The highest BCUT2D eigenvalue weighted by atomic mass is 16.8. The zero-order valence-electron chi connectivity index (χ0n) is 42.1. The Labute approximate surface area is 422 Å². The fourth-order valence-corrected chi connectivity index (χ4v) is 9.50. The van der Waals surface area contributed by atoms with Crippen molar-refractivity contribution >= 4 is 17.8 Å². The van der Waals surface area contributed by atoms with Crippen LogP contribution >= 0.6 is 0 Å². The van der Waals surface area contributed by atoms with Crippen molar-refractivity contribution in [1.29, 1.82) is 0 Å². The number of carbonyl (C=O) groups excluding carboxylic acids is 3. The van der Waals surface area contributed by atoms with E-state index in [1.165, 1.54) is 20.8 Å². The minimum atomic E-state index is -1.39. The van der Waals surface area contributed by atoms with Crippen molar-refractivity contribution < 1.29 is 71.2 Å². The molecule has 3 saturated heterocycles. The lowest BCUT2D eigenvalue weighted by Gasteiger charge is -2.52. The van der Waals surface area contributed by atoms with Crippen molar-refractivity contribution in [2.24, 2.45) is 0 Å². The number of benzene rings is 4. The number of rotatable bonds is 22. The summed E-state index contributed by atoms with van der Waals surface area (Å²) in [6.07, 6.45) is -12.2. The Morgan fingerprint density at radius 2 is 0.861 bits per heavy atom. The molecule has 388 valence electrons. The van der Waals surface area contributed by atoms with Crippen molar-refractivity contribution in [3.05, 3.63) is 156 Å². The van der Waals surface area contributed by atoms with Crippen molar-refractivity contribution in [2.75, 3.05) is 13.7 Å². The molecule has 0 spiro atoms. The third-order valence-electron chi connectivity index (χ3n) is 12.8. The standard InChI is InChI=1S/C56H69NO15/c1-9-30-62-50-47(63-31-41-22-14-10-15-23-41)36(3)69-56(71-51-48(64-32-42-24-16-11-17-25-42)37(4)67-54(61-8)52(51)66-34-44-28-20-13-21-29-44)53(50)72-55-49(65-33-43-26-18-12-19-27-43)45(57(38(5)58)39(6)59)46(35(2)68-55)70-40(7)60/h9-29,35-37,45-56H,1,30-34H2,2-8H3/t35-,36-,37-,45+,46+,47-,48-,49-,50+,51+,52+,53+,54+,55-,56+/m1/s1. The summed E-state index contributed by atoms with van der Waals surface area (Å²) in [4.78, 5) is 41.0. The molecule has 7 rings (SSSR count). The van der Waals surface area contributed by atoms with E-state index in [9.17, 15) is 14.4 Å². The molecule has 0 saturated carbocycles. The van der Waals surface area contributed by atoms with Gasteiger partial charge in [-0.15, -0.1) is 6.58 Å². The lowest BCUT2D eigenvalue weighted by Crippen LogP contribution is -2.69. The number of imide groups is 1. The Bertz CT molecular complexity index is 2280. The van der Waals surface area contributed by atoms with E-state index in [-0.39, 0.29) is 33.0 Å². The maximum atomic E-state index is 13.6. The number of hydrogen-bond donors (Lipinski definition) is 0. The second kappa shape index (κ2) is 26.7. The van der Waals surface area contributed by atoms with Gasteiger partial charge in [-0.05, 0) is 43.0 Å². The van der Waals surface area contributed by atoms with E-state index in [0.717, 1.165) is 27.2 Å². The smallest absolute Gasteiger partial charge is 0.303 e. The Morgan fingerprint density at radius 1 is 0.486 bits per heavy atom. The summed E-state index contributed by atoms with van der Waals surface area (Å²) < 4.78 is 80.1. The summed E-state index contributed by atoms with van der Waals surface area (Å²) in [5, 5.41) is 0. The van der Waals surface area contributed by atoms with Crippen LogP contribution in [0.15, 0.2) is 134 Å². The summed E-state index contributed by atoms with van der Waals surface area (Å²) in [6, 6.07) is 37.3. The molecule has 3 aliphatic heterocycles. The van der Waals surface area contributed by atoms with Crippen LogP contribution in [0.5, 0.6) is 0 Å². The first-order chi connectivity index (χ1) is 34.9. The first-order valence-corrected chi connectivity index (χ1v) is 24.5. The van der Waals surface area contributed by atoms with E-state index < -0.39 is 110 Å². The Balaban J connectivity index is 1.33. The molecule has 0 aromatic heterocycles. The summed E-state index contributed by atoms with van der Waals surface area (Å²) in [5.41, 5.74) is 3.52. The second-order valence-electron chi connectivity index (χ2n) is 18.2. The Morgan fingerprint density at radius 3 is 1.28 bits per heavy atom. The molecular formula is C56H69NO15. The summed E-state index contributed by atoms with van der Waals surface area (Å²) in [7, 11) is 1.54. The summed E-state index contributed by atoms with van der Waals surface area (Å²) >= 11 is 0. The van der Waals surface area contributed by atoms with Gasteiger partial charge in [0.05, 0.1) is 51.3 Å². The summed E-state index contributed by atoms with van der Waals surface area (Å²) in [6.45, 7) is 13.8. The minimum Gasteiger partial charge on any atom is -0.457 e. The van der Waals surface area contributed by atoms with Gasteiger partial charge >= 0.3 is 5.97 Å². The lowest BCUT2D eigenvalue weighted by molar-refractivity contribution is -0.391. The molecule has 3 aliphatic rings. The molecule has 0 bridgehead atoms. The molecule has 16 heteroatoms. The van der Waals surface area contributed by atoms with E-state index in [2.05, 4.69) is 6.58 Å². The minimum absolute atomic E-state index is 0.00732. The van der Waals surface area contributed by atoms with Crippen LogP contribution in [0.3, 0.4) is 0 Å². The van der Waals surface area contributed by atoms with Gasteiger partial charge in [-0.2, -0.15) is 0 Å². The van der Waals surface area contributed by atoms with E-state index in [1.54, 1.807) is 20.1 Å². The van der Waals surface area contributed by atoms with Crippen molar-refractivity contribution in [3.63, 3.8) is 0 Å². The third kappa shape index (κ3) is 14.1. The van der Waals surface area contributed by atoms with Crippen LogP contribution in [0, 0.1) is 0 Å². The molecule has 4 aromatic rings. The Hall–Kier alpha value is -5.21. The number of hydrogen-bond acceptors (Lipinski definition) is 15. The number of methoxy groups -OCH3 is 1. The number of esters is 1. The molecule has 3 heterocycles. The van der Waals surface area contributed by atoms with E-state index >= 15 is 0 Å². The van der Waals surface area contributed by atoms with Gasteiger partial charge in [0.25, 0.3) is 0 Å². The molecule has 0 unspecified atom stereocenters. The van der Waals surface area contributed by atoms with Gasteiger partial charge < -0.3 is 56.8 Å². The fraction of sp³-hybridized carbons (Fsp3) is 0.482. The van der Waals surface area contributed by atoms with Crippen molar-refractivity contribution in [2.45, 2.75) is 160 Å². The monoisotopic (exact) mass is 995 g/mol. The number of carbonyl (C=O) groups is 3. The molecule has 0 N–H and O–H groups in total. The largest absolute Gasteiger partial charge is 0.457 e. The molecule has 0 aliphatic carbocycles.